The lowest BCUT2D eigenvalue weighted by atomic mass is 9.83. The third kappa shape index (κ3) is 3.21. The van der Waals surface area contributed by atoms with Gasteiger partial charge in [-0.25, -0.2) is 9.29 Å². The lowest BCUT2D eigenvalue weighted by Crippen LogP contribution is -2.32. The number of thiazole rings is 1. The van der Waals surface area contributed by atoms with Crippen molar-refractivity contribution in [3.63, 3.8) is 0 Å². The van der Waals surface area contributed by atoms with Gasteiger partial charge in [0, 0.05) is 10.8 Å². The van der Waals surface area contributed by atoms with E-state index in [2.05, 4.69) is 4.98 Å². The first kappa shape index (κ1) is 20.8. The Morgan fingerprint density at radius 2 is 1.88 bits per heavy atom. The number of aromatic amines is 1. The fourth-order valence-electron chi connectivity index (χ4n) is 4.22. The highest BCUT2D eigenvalue weighted by atomic mass is 32.2. The van der Waals surface area contributed by atoms with E-state index >= 15 is 0 Å². The second-order valence-electron chi connectivity index (χ2n) is 7.40. The fourth-order valence-corrected chi connectivity index (χ4v) is 6.73. The van der Waals surface area contributed by atoms with Crippen molar-refractivity contribution in [3.05, 3.63) is 68.4 Å². The summed E-state index contributed by atoms with van der Waals surface area (Å²) in [4.78, 5) is 43.2. The second kappa shape index (κ2) is 7.79. The maximum atomic E-state index is 13.5. The topological polar surface area (TPSA) is 99.7 Å². The van der Waals surface area contributed by atoms with Crippen LogP contribution in [-0.2, 0) is 9.59 Å². The van der Waals surface area contributed by atoms with Crippen LogP contribution < -0.4 is 14.5 Å². The van der Waals surface area contributed by atoms with Crippen molar-refractivity contribution in [3.8, 4) is 11.5 Å². The van der Waals surface area contributed by atoms with E-state index in [0.717, 1.165) is 16.2 Å². The van der Waals surface area contributed by atoms with Crippen LogP contribution in [0.5, 0.6) is 11.5 Å². The number of imide groups is 1. The van der Waals surface area contributed by atoms with Crippen molar-refractivity contribution >= 4 is 40.6 Å². The molecule has 3 heterocycles. The molecular weight excluding hydrogens is 455 g/mol. The van der Waals surface area contributed by atoms with Crippen molar-refractivity contribution < 1.29 is 23.8 Å². The molecule has 0 bridgehead atoms. The van der Waals surface area contributed by atoms with E-state index in [1.807, 2.05) is 0 Å². The Balaban J connectivity index is 1.64. The monoisotopic (exact) mass is 472 g/mol. The molecule has 3 atom stereocenters. The second-order valence-corrected chi connectivity index (χ2v) is 9.56. The number of hydrogen-bond acceptors (Lipinski definition) is 7. The van der Waals surface area contributed by atoms with Gasteiger partial charge in [-0.05, 0) is 48.9 Å². The molecule has 0 saturated carbocycles. The number of anilines is 1. The van der Waals surface area contributed by atoms with Gasteiger partial charge in [0.05, 0.1) is 23.2 Å². The Labute approximate surface area is 189 Å². The summed E-state index contributed by atoms with van der Waals surface area (Å²) in [5, 5.41) is 9.92. The SMILES string of the molecule is CCOc1cc([C@@H]2c3sc(=O)[nH]c3S[C@H]3C(=O)N(c4ccc(F)cc4)C(=O)[C@@H]23)ccc1O. The van der Waals surface area contributed by atoms with Crippen molar-refractivity contribution in [2.45, 2.75) is 23.1 Å². The van der Waals surface area contributed by atoms with Crippen LogP contribution in [0.3, 0.4) is 0 Å². The van der Waals surface area contributed by atoms with Crippen LogP contribution in [0.2, 0.25) is 0 Å². The van der Waals surface area contributed by atoms with Gasteiger partial charge in [-0.1, -0.05) is 29.2 Å². The average molecular weight is 473 g/mol. The van der Waals surface area contributed by atoms with E-state index in [4.69, 9.17) is 4.74 Å². The number of hydrogen-bond donors (Lipinski definition) is 2. The summed E-state index contributed by atoms with van der Waals surface area (Å²) in [6.45, 7) is 2.12. The number of amides is 2. The molecule has 2 amide bonds. The molecule has 2 aliphatic heterocycles. The summed E-state index contributed by atoms with van der Waals surface area (Å²) in [5.74, 6) is -2.43. The molecule has 1 fully saturated rings. The maximum Gasteiger partial charge on any atom is 0.305 e. The number of halogens is 1. The minimum Gasteiger partial charge on any atom is -0.504 e. The number of H-pyrrole nitrogens is 1. The molecule has 5 rings (SSSR count). The van der Waals surface area contributed by atoms with E-state index in [1.165, 1.54) is 42.1 Å². The molecule has 32 heavy (non-hydrogen) atoms. The maximum absolute atomic E-state index is 13.5. The standard InChI is InChI=1S/C22H17FN2O5S2/c1-2-30-14-9-10(3-8-13(14)26)15-16-18(31-19-17(15)32-22(29)24-19)21(28)25(20(16)27)12-6-4-11(23)5-7-12/h3-9,15-16,18,26H,2H2,1H3,(H,24,29)/t15-,16-,18+/m0/s1. The predicted octanol–water partition coefficient (Wildman–Crippen LogP) is 3.48. The van der Waals surface area contributed by atoms with Crippen LogP contribution in [0.1, 0.15) is 23.3 Å². The summed E-state index contributed by atoms with van der Waals surface area (Å²) >= 11 is 2.17. The Morgan fingerprint density at radius 1 is 1.12 bits per heavy atom. The van der Waals surface area contributed by atoms with Crippen LogP contribution in [-0.4, -0.2) is 33.8 Å². The normalized spacial score (nSPS) is 22.1. The minimum absolute atomic E-state index is 0.0402. The van der Waals surface area contributed by atoms with Gasteiger partial charge in [-0.2, -0.15) is 0 Å². The molecule has 0 radical (unpaired) electrons. The van der Waals surface area contributed by atoms with Crippen molar-refractivity contribution in [2.75, 3.05) is 11.5 Å². The van der Waals surface area contributed by atoms with E-state index < -0.39 is 34.7 Å². The largest absolute Gasteiger partial charge is 0.504 e. The first-order chi connectivity index (χ1) is 15.4. The summed E-state index contributed by atoms with van der Waals surface area (Å²) in [6.07, 6.45) is 0. The number of aromatic hydroxyl groups is 1. The van der Waals surface area contributed by atoms with Gasteiger partial charge in [0.2, 0.25) is 11.8 Å². The number of nitrogens with zero attached hydrogens (tertiary/aromatic N) is 1. The Bertz CT molecular complexity index is 1290. The van der Waals surface area contributed by atoms with Crippen LogP contribution >= 0.6 is 23.1 Å². The Hall–Kier alpha value is -3.11. The summed E-state index contributed by atoms with van der Waals surface area (Å²) in [7, 11) is 0. The molecule has 0 unspecified atom stereocenters. The molecule has 2 aromatic carbocycles. The van der Waals surface area contributed by atoms with E-state index in [1.54, 1.807) is 19.1 Å². The van der Waals surface area contributed by atoms with Crippen LogP contribution in [0.4, 0.5) is 10.1 Å². The molecule has 10 heteroatoms. The first-order valence-corrected chi connectivity index (χ1v) is 11.6. The van der Waals surface area contributed by atoms with E-state index in [-0.39, 0.29) is 16.4 Å². The number of phenols is 1. The van der Waals surface area contributed by atoms with Crippen LogP contribution in [0, 0.1) is 11.7 Å². The number of fused-ring (bicyclic) bond motifs is 2. The molecular formula is C22H17FN2O5S2. The van der Waals surface area contributed by atoms with Gasteiger partial charge in [-0.15, -0.1) is 0 Å². The van der Waals surface area contributed by atoms with Gasteiger partial charge in [0.25, 0.3) is 0 Å². The first-order valence-electron chi connectivity index (χ1n) is 9.87. The van der Waals surface area contributed by atoms with Gasteiger partial charge in [0.1, 0.15) is 11.1 Å². The smallest absolute Gasteiger partial charge is 0.305 e. The third-order valence-corrected chi connectivity index (χ3v) is 7.95. The molecule has 164 valence electrons. The third-order valence-electron chi connectivity index (χ3n) is 5.55. The lowest BCUT2D eigenvalue weighted by Gasteiger charge is -2.30. The highest BCUT2D eigenvalue weighted by Crippen LogP contribution is 2.53. The van der Waals surface area contributed by atoms with Crippen molar-refractivity contribution in [1.29, 1.82) is 0 Å². The zero-order chi connectivity index (χ0) is 22.6. The number of ether oxygens (including phenoxy) is 1. The average Bonchev–Trinajstić information content (AvgIpc) is 3.25. The predicted molar refractivity (Wildman–Crippen MR) is 118 cm³/mol. The molecule has 7 nitrogen and oxygen atoms in total. The van der Waals surface area contributed by atoms with Gasteiger partial charge < -0.3 is 14.8 Å². The zero-order valence-electron chi connectivity index (χ0n) is 16.7. The molecule has 0 spiro atoms. The zero-order valence-corrected chi connectivity index (χ0v) is 18.3. The van der Waals surface area contributed by atoms with Crippen molar-refractivity contribution in [2.24, 2.45) is 5.92 Å². The highest BCUT2D eigenvalue weighted by molar-refractivity contribution is 8.00. The number of aromatic nitrogens is 1. The molecule has 2 N–H and O–H groups in total. The Morgan fingerprint density at radius 3 is 2.59 bits per heavy atom. The summed E-state index contributed by atoms with van der Waals surface area (Å²) < 4.78 is 18.9. The highest BCUT2D eigenvalue weighted by Gasteiger charge is 2.56. The van der Waals surface area contributed by atoms with Gasteiger partial charge in [-0.3, -0.25) is 14.4 Å². The number of rotatable bonds is 4. The number of thioether (sulfide) groups is 1. The minimum atomic E-state index is -0.768. The van der Waals surface area contributed by atoms with Gasteiger partial charge in [0.15, 0.2) is 11.5 Å². The number of benzene rings is 2. The molecule has 2 aliphatic rings. The number of nitrogens with one attached hydrogen (secondary N) is 1. The molecule has 0 aliphatic carbocycles. The van der Waals surface area contributed by atoms with E-state index in [9.17, 15) is 23.9 Å². The molecule has 1 aromatic heterocycles. The fraction of sp³-hybridized carbons (Fsp3) is 0.227. The van der Waals surface area contributed by atoms with Crippen LogP contribution in [0.25, 0.3) is 0 Å². The summed E-state index contributed by atoms with van der Waals surface area (Å²) in [6, 6.07) is 9.98. The quantitative estimate of drug-likeness (QED) is 0.564. The van der Waals surface area contributed by atoms with Crippen LogP contribution in [0.15, 0.2) is 52.3 Å². The number of phenolic OH excluding ortho intramolecular Hbond substituents is 1. The lowest BCUT2D eigenvalue weighted by molar-refractivity contribution is -0.122. The Kier molecular flexibility index (Phi) is 5.06. The summed E-state index contributed by atoms with van der Waals surface area (Å²) in [5.41, 5.74) is 0.952. The molecule has 3 aromatic rings. The number of carbonyl (C=O) groups is 2. The van der Waals surface area contributed by atoms with Crippen molar-refractivity contribution in [1.82, 2.24) is 4.98 Å². The molecule has 1 saturated heterocycles. The van der Waals surface area contributed by atoms with E-state index in [0.29, 0.717) is 27.8 Å². The van der Waals surface area contributed by atoms with Gasteiger partial charge >= 0.3 is 4.87 Å². The number of carbonyl (C=O) groups excluding carboxylic acids is 2.